The lowest BCUT2D eigenvalue weighted by Crippen LogP contribution is -2.22. The Morgan fingerprint density at radius 2 is 1.81 bits per heavy atom. The summed E-state index contributed by atoms with van der Waals surface area (Å²) in [6.07, 6.45) is 3.65. The zero-order chi connectivity index (χ0) is 22.8. The SMILES string of the molecule is COc1cc2c(cc1/C(C(C)=N)=C(\C)O)ncc1ncc(=O)n(CCc3ccccc3)c12. The Hall–Kier alpha value is -4.00. The molecule has 7 nitrogen and oxygen atoms in total. The lowest BCUT2D eigenvalue weighted by atomic mass is 9.97. The maximum atomic E-state index is 12.8. The number of aryl methyl sites for hydroxylation is 2. The molecule has 0 spiro atoms. The standard InChI is InChI=1S/C25H24N4O3/c1-15(26)24(16(2)30)19-11-20-18(12-22(19)32-3)25-21(13-27-20)28-14-23(31)29(25)10-9-17-7-5-4-6-8-17/h4-8,11-14,26,30H,9-10H2,1-3H3/b24-16+,26-15?. The van der Waals surface area contributed by atoms with Gasteiger partial charge in [-0.3, -0.25) is 9.78 Å². The summed E-state index contributed by atoms with van der Waals surface area (Å²) in [5.74, 6) is 0.505. The number of ether oxygens (including phenoxy) is 1. The van der Waals surface area contributed by atoms with Crippen LogP contribution < -0.4 is 10.3 Å². The average molecular weight is 428 g/mol. The molecule has 0 bridgehead atoms. The zero-order valence-electron chi connectivity index (χ0n) is 18.2. The number of nitrogens with zero attached hydrogens (tertiary/aromatic N) is 3. The molecule has 0 aliphatic carbocycles. The van der Waals surface area contributed by atoms with Gasteiger partial charge >= 0.3 is 0 Å². The molecule has 0 radical (unpaired) electrons. The fourth-order valence-corrected chi connectivity index (χ4v) is 4.02. The van der Waals surface area contributed by atoms with Gasteiger partial charge in [-0.1, -0.05) is 30.3 Å². The predicted molar refractivity (Wildman–Crippen MR) is 127 cm³/mol. The highest BCUT2D eigenvalue weighted by atomic mass is 16.5. The molecule has 0 amide bonds. The van der Waals surface area contributed by atoms with Crippen molar-refractivity contribution in [2.75, 3.05) is 7.11 Å². The third-order valence-electron chi connectivity index (χ3n) is 5.46. The van der Waals surface area contributed by atoms with Crippen molar-refractivity contribution in [1.29, 1.82) is 5.41 Å². The lowest BCUT2D eigenvalue weighted by Gasteiger charge is -2.16. The van der Waals surface area contributed by atoms with Crippen molar-refractivity contribution in [3.05, 3.63) is 82.1 Å². The van der Waals surface area contributed by atoms with Crippen molar-refractivity contribution in [1.82, 2.24) is 14.5 Å². The van der Waals surface area contributed by atoms with E-state index in [0.29, 0.717) is 46.4 Å². The number of pyridine rings is 1. The summed E-state index contributed by atoms with van der Waals surface area (Å²) in [7, 11) is 1.54. The molecular weight excluding hydrogens is 404 g/mol. The fraction of sp³-hybridized carbons (Fsp3) is 0.200. The molecule has 0 aliphatic rings. The largest absolute Gasteiger partial charge is 0.512 e. The van der Waals surface area contributed by atoms with E-state index in [9.17, 15) is 9.90 Å². The second kappa shape index (κ2) is 8.63. The summed E-state index contributed by atoms with van der Waals surface area (Å²) < 4.78 is 7.32. The summed E-state index contributed by atoms with van der Waals surface area (Å²) in [6.45, 7) is 3.64. The topological polar surface area (TPSA) is 101 Å². The number of benzene rings is 2. The molecule has 2 aromatic heterocycles. The second-order valence-electron chi connectivity index (χ2n) is 7.63. The number of hydrogen-bond acceptors (Lipinski definition) is 6. The van der Waals surface area contributed by atoms with E-state index in [1.807, 2.05) is 30.3 Å². The van der Waals surface area contributed by atoms with Gasteiger partial charge in [0, 0.05) is 28.8 Å². The smallest absolute Gasteiger partial charge is 0.269 e. The van der Waals surface area contributed by atoms with E-state index in [2.05, 4.69) is 9.97 Å². The van der Waals surface area contributed by atoms with Crippen LogP contribution in [0.2, 0.25) is 0 Å². The summed E-state index contributed by atoms with van der Waals surface area (Å²) in [4.78, 5) is 21.6. The van der Waals surface area contributed by atoms with Gasteiger partial charge < -0.3 is 19.8 Å². The first-order valence-electron chi connectivity index (χ1n) is 10.3. The minimum atomic E-state index is -0.189. The second-order valence-corrected chi connectivity index (χ2v) is 7.63. The number of nitrogens with one attached hydrogen (secondary N) is 1. The molecule has 4 rings (SSSR count). The van der Waals surface area contributed by atoms with Gasteiger partial charge in [0.15, 0.2) is 0 Å². The first-order valence-corrected chi connectivity index (χ1v) is 10.3. The Bertz CT molecular complexity index is 1420. The Morgan fingerprint density at radius 1 is 1.09 bits per heavy atom. The Morgan fingerprint density at radius 3 is 2.47 bits per heavy atom. The van der Waals surface area contributed by atoms with Crippen LogP contribution >= 0.6 is 0 Å². The van der Waals surface area contributed by atoms with Crippen LogP contribution in [0.15, 0.2) is 65.4 Å². The normalized spacial score (nSPS) is 12.1. The predicted octanol–water partition coefficient (Wildman–Crippen LogP) is 4.52. The molecule has 2 aromatic carbocycles. The minimum Gasteiger partial charge on any atom is -0.512 e. The third kappa shape index (κ3) is 3.85. The summed E-state index contributed by atoms with van der Waals surface area (Å²) in [5, 5.41) is 19.0. The number of hydrogen-bond donors (Lipinski definition) is 2. The van der Waals surface area contributed by atoms with E-state index in [4.69, 9.17) is 10.1 Å². The van der Waals surface area contributed by atoms with E-state index < -0.39 is 0 Å². The van der Waals surface area contributed by atoms with Crippen LogP contribution in [0.1, 0.15) is 25.0 Å². The van der Waals surface area contributed by atoms with Crippen LogP contribution in [0, 0.1) is 5.41 Å². The third-order valence-corrected chi connectivity index (χ3v) is 5.46. The molecule has 0 unspecified atom stereocenters. The molecule has 4 aromatic rings. The number of fused-ring (bicyclic) bond motifs is 3. The number of aromatic nitrogens is 3. The van der Waals surface area contributed by atoms with E-state index in [0.717, 1.165) is 10.9 Å². The van der Waals surface area contributed by atoms with Crippen LogP contribution in [0.5, 0.6) is 5.75 Å². The Labute approximate surface area is 185 Å². The van der Waals surface area contributed by atoms with Gasteiger partial charge in [0.1, 0.15) is 11.3 Å². The maximum Gasteiger partial charge on any atom is 0.269 e. The highest BCUT2D eigenvalue weighted by Gasteiger charge is 2.18. The van der Waals surface area contributed by atoms with Crippen LogP contribution in [-0.2, 0) is 13.0 Å². The molecule has 32 heavy (non-hydrogen) atoms. The quantitative estimate of drug-likeness (QED) is 0.267. The molecule has 162 valence electrons. The Kier molecular flexibility index (Phi) is 5.73. The monoisotopic (exact) mass is 428 g/mol. The van der Waals surface area contributed by atoms with Gasteiger partial charge in [0.05, 0.1) is 36.3 Å². The summed E-state index contributed by atoms with van der Waals surface area (Å²) >= 11 is 0. The molecule has 0 saturated carbocycles. The summed E-state index contributed by atoms with van der Waals surface area (Å²) in [5.41, 5.74) is 4.03. The minimum absolute atomic E-state index is 0.0253. The van der Waals surface area contributed by atoms with Crippen LogP contribution in [-0.4, -0.2) is 32.5 Å². The molecule has 0 atom stereocenters. The first kappa shape index (κ1) is 21.2. The molecule has 2 N–H and O–H groups in total. The van der Waals surface area contributed by atoms with Crippen molar-refractivity contribution in [2.24, 2.45) is 0 Å². The number of methoxy groups -OCH3 is 1. The van der Waals surface area contributed by atoms with Gasteiger partial charge in [-0.2, -0.15) is 0 Å². The molecular formula is C25H24N4O3. The highest BCUT2D eigenvalue weighted by Crippen LogP contribution is 2.34. The Balaban J connectivity index is 1.96. The maximum absolute atomic E-state index is 12.8. The summed E-state index contributed by atoms with van der Waals surface area (Å²) in [6, 6.07) is 13.6. The first-order chi connectivity index (χ1) is 15.4. The van der Waals surface area contributed by atoms with Crippen molar-refractivity contribution in [3.8, 4) is 5.75 Å². The van der Waals surface area contributed by atoms with Crippen LogP contribution in [0.25, 0.3) is 27.5 Å². The van der Waals surface area contributed by atoms with Gasteiger partial charge in [0.2, 0.25) is 0 Å². The van der Waals surface area contributed by atoms with Crippen LogP contribution in [0.3, 0.4) is 0 Å². The number of rotatable bonds is 6. The molecule has 0 saturated heterocycles. The molecule has 7 heteroatoms. The van der Waals surface area contributed by atoms with Crippen molar-refractivity contribution < 1.29 is 9.84 Å². The van der Waals surface area contributed by atoms with Crippen LogP contribution in [0.4, 0.5) is 0 Å². The van der Waals surface area contributed by atoms with Gasteiger partial charge in [-0.05, 0) is 38.0 Å². The molecule has 0 aliphatic heterocycles. The van der Waals surface area contributed by atoms with Gasteiger partial charge in [-0.15, -0.1) is 0 Å². The van der Waals surface area contributed by atoms with Crippen molar-refractivity contribution in [3.63, 3.8) is 0 Å². The zero-order valence-corrected chi connectivity index (χ0v) is 18.2. The van der Waals surface area contributed by atoms with E-state index in [1.54, 1.807) is 29.8 Å². The van der Waals surface area contributed by atoms with Gasteiger partial charge in [-0.25, -0.2) is 4.98 Å². The molecule has 0 fully saturated rings. The van der Waals surface area contributed by atoms with Crippen molar-refractivity contribution >= 4 is 33.2 Å². The number of aliphatic hydroxyl groups excluding tert-OH is 1. The van der Waals surface area contributed by atoms with Crippen molar-refractivity contribution in [2.45, 2.75) is 26.8 Å². The fourth-order valence-electron chi connectivity index (χ4n) is 4.02. The molecule has 2 heterocycles. The number of allylic oxidation sites excluding steroid dienone is 2. The number of aliphatic hydroxyl groups is 1. The van der Waals surface area contributed by atoms with E-state index in [-0.39, 0.29) is 17.0 Å². The van der Waals surface area contributed by atoms with Gasteiger partial charge in [0.25, 0.3) is 5.56 Å². The average Bonchev–Trinajstić information content (AvgIpc) is 2.78. The van der Waals surface area contributed by atoms with E-state index >= 15 is 0 Å². The van der Waals surface area contributed by atoms with E-state index in [1.165, 1.54) is 20.2 Å². The lowest BCUT2D eigenvalue weighted by molar-refractivity contribution is 0.409. The highest BCUT2D eigenvalue weighted by molar-refractivity contribution is 6.23.